The Labute approximate surface area is 98.4 Å². The first-order chi connectivity index (χ1) is 7.85. The van der Waals surface area contributed by atoms with Crippen LogP contribution in [-0.2, 0) is 0 Å². The van der Waals surface area contributed by atoms with Crippen LogP contribution in [0.4, 0.5) is 5.69 Å². The molecule has 2 heteroatoms. The van der Waals surface area contributed by atoms with E-state index in [2.05, 4.69) is 41.8 Å². The van der Waals surface area contributed by atoms with E-state index in [9.17, 15) is 0 Å². The highest BCUT2D eigenvalue weighted by Gasteiger charge is 2.39. The van der Waals surface area contributed by atoms with Gasteiger partial charge in [0.25, 0.3) is 0 Å². The zero-order chi connectivity index (χ0) is 11.3. The summed E-state index contributed by atoms with van der Waals surface area (Å²) < 4.78 is 0. The van der Waals surface area contributed by atoms with E-state index in [1.165, 1.54) is 31.5 Å². The molecule has 1 aromatic rings. The van der Waals surface area contributed by atoms with Gasteiger partial charge in [0.05, 0.1) is 0 Å². The molecule has 1 aliphatic rings. The Morgan fingerprint density at radius 1 is 1.12 bits per heavy atom. The van der Waals surface area contributed by atoms with Crippen LogP contribution in [0.25, 0.3) is 0 Å². The lowest BCUT2D eigenvalue weighted by molar-refractivity contribution is 0.449. The molecule has 1 aromatic carbocycles. The molecule has 1 fully saturated rings. The number of rotatable bonds is 7. The quantitative estimate of drug-likeness (QED) is 0.688. The number of nitrogens with one attached hydrogen (secondary N) is 2. The predicted octanol–water partition coefficient (Wildman–Crippen LogP) is 2.88. The van der Waals surface area contributed by atoms with Crippen LogP contribution in [0.3, 0.4) is 0 Å². The summed E-state index contributed by atoms with van der Waals surface area (Å²) in [5.74, 6) is 0. The first kappa shape index (κ1) is 11.5. The van der Waals surface area contributed by atoms with Gasteiger partial charge in [-0.1, -0.05) is 25.1 Å². The van der Waals surface area contributed by atoms with E-state index in [1.54, 1.807) is 0 Å². The standard InChI is InChI=1S/C14H22N2/c1-2-14(8-9-14)12-15-10-11-16-13-6-4-3-5-7-13/h3-7,15-16H,2,8-12H2,1H3. The lowest BCUT2D eigenvalue weighted by Crippen LogP contribution is -2.28. The van der Waals surface area contributed by atoms with Gasteiger partial charge in [0.1, 0.15) is 0 Å². The van der Waals surface area contributed by atoms with Crippen molar-refractivity contribution >= 4 is 5.69 Å². The minimum atomic E-state index is 0.659. The molecule has 0 unspecified atom stereocenters. The maximum atomic E-state index is 3.55. The minimum absolute atomic E-state index is 0.659. The van der Waals surface area contributed by atoms with E-state index < -0.39 is 0 Å². The van der Waals surface area contributed by atoms with Crippen LogP contribution >= 0.6 is 0 Å². The SMILES string of the molecule is CCC1(CNCCNc2ccccc2)CC1. The van der Waals surface area contributed by atoms with Crippen molar-refractivity contribution in [2.24, 2.45) is 5.41 Å². The summed E-state index contributed by atoms with van der Waals surface area (Å²) in [6.07, 6.45) is 4.16. The maximum absolute atomic E-state index is 3.55. The van der Waals surface area contributed by atoms with E-state index in [0.29, 0.717) is 5.41 Å². The van der Waals surface area contributed by atoms with Crippen LogP contribution in [-0.4, -0.2) is 19.6 Å². The third-order valence-corrected chi connectivity index (χ3v) is 3.61. The zero-order valence-corrected chi connectivity index (χ0v) is 10.1. The molecule has 0 atom stereocenters. The average Bonchev–Trinajstić information content (AvgIpc) is 3.11. The summed E-state index contributed by atoms with van der Waals surface area (Å²) in [5.41, 5.74) is 1.87. The highest BCUT2D eigenvalue weighted by molar-refractivity contribution is 5.42. The van der Waals surface area contributed by atoms with Crippen LogP contribution in [0.2, 0.25) is 0 Å². The van der Waals surface area contributed by atoms with Gasteiger partial charge in [-0.25, -0.2) is 0 Å². The molecule has 0 saturated heterocycles. The summed E-state index contributed by atoms with van der Waals surface area (Å²) in [6.45, 7) is 5.55. The van der Waals surface area contributed by atoms with Crippen LogP contribution < -0.4 is 10.6 Å². The summed E-state index contributed by atoms with van der Waals surface area (Å²) in [5, 5.41) is 6.95. The Morgan fingerprint density at radius 3 is 2.50 bits per heavy atom. The van der Waals surface area contributed by atoms with Crippen molar-refractivity contribution in [3.8, 4) is 0 Å². The molecular formula is C14H22N2. The van der Waals surface area contributed by atoms with Gasteiger partial charge in [-0.15, -0.1) is 0 Å². The number of para-hydroxylation sites is 1. The zero-order valence-electron chi connectivity index (χ0n) is 10.1. The predicted molar refractivity (Wildman–Crippen MR) is 69.8 cm³/mol. The Bertz CT molecular complexity index is 304. The third-order valence-electron chi connectivity index (χ3n) is 3.61. The minimum Gasteiger partial charge on any atom is -0.384 e. The number of hydrogen-bond donors (Lipinski definition) is 2. The molecule has 2 nitrogen and oxygen atoms in total. The largest absolute Gasteiger partial charge is 0.384 e. The molecule has 0 heterocycles. The number of anilines is 1. The van der Waals surface area contributed by atoms with E-state index in [0.717, 1.165) is 13.1 Å². The maximum Gasteiger partial charge on any atom is 0.0340 e. The van der Waals surface area contributed by atoms with Crippen molar-refractivity contribution in [3.05, 3.63) is 30.3 Å². The first-order valence-electron chi connectivity index (χ1n) is 6.34. The average molecular weight is 218 g/mol. The second kappa shape index (κ2) is 5.35. The lowest BCUT2D eigenvalue weighted by atomic mass is 10.0. The summed E-state index contributed by atoms with van der Waals surface area (Å²) in [7, 11) is 0. The summed E-state index contributed by atoms with van der Waals surface area (Å²) >= 11 is 0. The van der Waals surface area contributed by atoms with E-state index >= 15 is 0 Å². The van der Waals surface area contributed by atoms with Crippen molar-refractivity contribution in [3.63, 3.8) is 0 Å². The monoisotopic (exact) mass is 218 g/mol. The molecule has 1 aliphatic carbocycles. The first-order valence-corrected chi connectivity index (χ1v) is 6.34. The fraction of sp³-hybridized carbons (Fsp3) is 0.571. The van der Waals surface area contributed by atoms with Gasteiger partial charge >= 0.3 is 0 Å². The number of benzene rings is 1. The van der Waals surface area contributed by atoms with Crippen LogP contribution in [0.5, 0.6) is 0 Å². The summed E-state index contributed by atoms with van der Waals surface area (Å²) in [4.78, 5) is 0. The Kier molecular flexibility index (Phi) is 3.83. The van der Waals surface area contributed by atoms with Crippen molar-refractivity contribution in [2.75, 3.05) is 25.0 Å². The van der Waals surface area contributed by atoms with Gasteiger partial charge in [0.2, 0.25) is 0 Å². The van der Waals surface area contributed by atoms with E-state index in [-0.39, 0.29) is 0 Å². The van der Waals surface area contributed by atoms with E-state index in [4.69, 9.17) is 0 Å². The van der Waals surface area contributed by atoms with Gasteiger partial charge in [0, 0.05) is 25.3 Å². The lowest BCUT2D eigenvalue weighted by Gasteiger charge is -2.13. The Balaban J connectivity index is 1.56. The van der Waals surface area contributed by atoms with Gasteiger partial charge in [0.15, 0.2) is 0 Å². The van der Waals surface area contributed by atoms with Crippen molar-refractivity contribution in [2.45, 2.75) is 26.2 Å². The second-order valence-electron chi connectivity index (χ2n) is 4.82. The van der Waals surface area contributed by atoms with Gasteiger partial charge in [-0.05, 0) is 36.8 Å². The number of hydrogen-bond acceptors (Lipinski definition) is 2. The topological polar surface area (TPSA) is 24.1 Å². The van der Waals surface area contributed by atoms with E-state index in [1.807, 2.05) is 6.07 Å². The molecule has 0 aliphatic heterocycles. The molecule has 1 saturated carbocycles. The molecule has 0 bridgehead atoms. The fourth-order valence-corrected chi connectivity index (χ4v) is 2.04. The van der Waals surface area contributed by atoms with Crippen molar-refractivity contribution < 1.29 is 0 Å². The molecule has 2 rings (SSSR count). The normalized spacial score (nSPS) is 17.1. The van der Waals surface area contributed by atoms with Gasteiger partial charge < -0.3 is 10.6 Å². The molecule has 0 spiro atoms. The fourth-order valence-electron chi connectivity index (χ4n) is 2.04. The molecule has 0 aromatic heterocycles. The van der Waals surface area contributed by atoms with Crippen LogP contribution in [0, 0.1) is 5.41 Å². The molecule has 0 radical (unpaired) electrons. The van der Waals surface area contributed by atoms with Crippen molar-refractivity contribution in [1.82, 2.24) is 5.32 Å². The molecule has 2 N–H and O–H groups in total. The second-order valence-corrected chi connectivity index (χ2v) is 4.82. The third kappa shape index (κ3) is 3.24. The molecule has 16 heavy (non-hydrogen) atoms. The van der Waals surface area contributed by atoms with Crippen LogP contribution in [0.1, 0.15) is 26.2 Å². The smallest absolute Gasteiger partial charge is 0.0340 e. The Hall–Kier alpha value is -1.02. The summed E-state index contributed by atoms with van der Waals surface area (Å²) in [6, 6.07) is 10.4. The van der Waals surface area contributed by atoms with Gasteiger partial charge in [-0.3, -0.25) is 0 Å². The molecule has 0 amide bonds. The molecule has 88 valence electrons. The Morgan fingerprint density at radius 2 is 1.88 bits per heavy atom. The van der Waals surface area contributed by atoms with Gasteiger partial charge in [-0.2, -0.15) is 0 Å². The highest BCUT2D eigenvalue weighted by Crippen LogP contribution is 2.47. The van der Waals surface area contributed by atoms with Crippen LogP contribution in [0.15, 0.2) is 30.3 Å². The molecular weight excluding hydrogens is 196 g/mol. The highest BCUT2D eigenvalue weighted by atomic mass is 15.0. The van der Waals surface area contributed by atoms with Crippen molar-refractivity contribution in [1.29, 1.82) is 0 Å².